The quantitative estimate of drug-likeness (QED) is 0.143. The summed E-state index contributed by atoms with van der Waals surface area (Å²) in [5, 5.41) is 67.2. The van der Waals surface area contributed by atoms with Crippen LogP contribution in [0, 0.1) is 0 Å². The summed E-state index contributed by atoms with van der Waals surface area (Å²) < 4.78 is 0. The van der Waals surface area contributed by atoms with Crippen LogP contribution >= 0.6 is 0 Å². The van der Waals surface area contributed by atoms with Crippen molar-refractivity contribution in [1.82, 2.24) is 0 Å². The zero-order valence-corrected chi connectivity index (χ0v) is 27.0. The summed E-state index contributed by atoms with van der Waals surface area (Å²) in [6.07, 6.45) is 0. The van der Waals surface area contributed by atoms with E-state index in [0.717, 1.165) is 21.5 Å². The Morgan fingerprint density at radius 3 is 1.15 bits per heavy atom. The van der Waals surface area contributed by atoms with Crippen LogP contribution in [-0.2, 0) is 18.6 Å². The van der Waals surface area contributed by atoms with E-state index in [1.54, 1.807) is 74.5 Å². The Hall–Kier alpha value is -5.70. The first-order valence-corrected chi connectivity index (χ1v) is 14.4. The van der Waals surface area contributed by atoms with Gasteiger partial charge in [0.1, 0.15) is 0 Å². The van der Waals surface area contributed by atoms with E-state index in [1.807, 2.05) is 60.7 Å². The van der Waals surface area contributed by atoms with Gasteiger partial charge in [0.05, 0.1) is 11.4 Å². The second-order valence-corrected chi connectivity index (χ2v) is 10.2. The molecule has 0 N–H and O–H groups in total. The maximum Gasteiger partial charge on any atom is 4.00 e. The summed E-state index contributed by atoms with van der Waals surface area (Å²) in [5.74, 6) is -1.13. The number of hydrogen-bond acceptors (Lipinski definition) is 8. The number of benzene rings is 6. The molecule has 0 saturated heterocycles. The normalized spacial score (nSPS) is 12.3. The smallest absolute Gasteiger partial charge is 0.872 e. The van der Waals surface area contributed by atoms with Gasteiger partial charge in [0.2, 0.25) is 0 Å². The van der Waals surface area contributed by atoms with Crippen molar-refractivity contribution in [2.24, 2.45) is 20.4 Å². The van der Waals surface area contributed by atoms with Crippen molar-refractivity contribution >= 4 is 44.8 Å². The fraction of sp³-hybridized carbons (Fsp3) is 0.0526. The molecule has 0 aliphatic rings. The molecule has 0 bridgehead atoms. The molecule has 0 aromatic heterocycles. The molecule has 6 aromatic rings. The van der Waals surface area contributed by atoms with E-state index < -0.39 is 11.8 Å². The van der Waals surface area contributed by atoms with Gasteiger partial charge in [0.15, 0.2) is 0 Å². The minimum Gasteiger partial charge on any atom is -0.872 e. The number of fused-ring (bicyclic) bond motifs is 2. The Morgan fingerprint density at radius 2 is 0.766 bits per heavy atom. The minimum absolute atomic E-state index is 0. The maximum atomic E-state index is 12.2. The molecule has 0 fully saturated rings. The molecule has 229 valence electrons. The Kier molecular flexibility index (Phi) is 11.7. The van der Waals surface area contributed by atoms with E-state index in [2.05, 4.69) is 20.4 Å². The zero-order chi connectivity index (χ0) is 32.5. The number of hydrogen-bond donors (Lipinski definition) is 0. The Balaban J connectivity index is 0.000000208. The molecule has 6 aromatic carbocycles. The van der Waals surface area contributed by atoms with Crippen LogP contribution in [0.1, 0.15) is 36.1 Å². The summed E-state index contributed by atoms with van der Waals surface area (Å²) in [4.78, 5) is 0. The van der Waals surface area contributed by atoms with Crippen LogP contribution in [0.5, 0.6) is 11.5 Å². The van der Waals surface area contributed by atoms with Crippen LogP contribution < -0.4 is 20.4 Å². The zero-order valence-electron chi connectivity index (χ0n) is 25.6. The summed E-state index contributed by atoms with van der Waals surface area (Å²) in [7, 11) is 0. The van der Waals surface area contributed by atoms with Gasteiger partial charge in [-0.1, -0.05) is 145 Å². The van der Waals surface area contributed by atoms with Gasteiger partial charge in [-0.15, -0.1) is 0 Å². The molecule has 0 unspecified atom stereocenters. The molecule has 0 aliphatic heterocycles. The first-order valence-electron chi connectivity index (χ1n) is 14.4. The summed E-state index contributed by atoms with van der Waals surface area (Å²) in [6.45, 7) is 3.37. The average molecular weight is 656 g/mol. The van der Waals surface area contributed by atoms with Crippen LogP contribution in [-0.4, -0.2) is 23.2 Å². The molecule has 47 heavy (non-hydrogen) atoms. The Morgan fingerprint density at radius 1 is 0.426 bits per heavy atom. The van der Waals surface area contributed by atoms with E-state index in [0.29, 0.717) is 33.7 Å². The van der Waals surface area contributed by atoms with Gasteiger partial charge < -0.3 is 20.4 Å². The first kappa shape index (κ1) is 34.2. The fourth-order valence-corrected chi connectivity index (χ4v) is 4.87. The van der Waals surface area contributed by atoms with Gasteiger partial charge in [-0.2, -0.15) is 20.4 Å². The third-order valence-corrected chi connectivity index (χ3v) is 7.13. The molecule has 1 radical (unpaired) electrons. The van der Waals surface area contributed by atoms with E-state index >= 15 is 0 Å². The third-order valence-electron chi connectivity index (χ3n) is 7.13. The topological polar surface area (TPSA) is 142 Å². The van der Waals surface area contributed by atoms with Gasteiger partial charge in [0, 0.05) is 11.8 Å². The predicted molar refractivity (Wildman–Crippen MR) is 177 cm³/mol. The molecular weight excluding hydrogens is 627 g/mol. The summed E-state index contributed by atoms with van der Waals surface area (Å²) in [5.41, 5.74) is 2.74. The average Bonchev–Trinajstić information content (AvgIpc) is 3.10. The molecule has 0 atom stereocenters. The molecule has 0 saturated carbocycles. The van der Waals surface area contributed by atoms with Gasteiger partial charge in [0.25, 0.3) is 0 Å². The van der Waals surface area contributed by atoms with E-state index in [-0.39, 0.29) is 30.1 Å². The van der Waals surface area contributed by atoms with E-state index in [9.17, 15) is 20.4 Å². The van der Waals surface area contributed by atoms with Crippen LogP contribution in [0.25, 0.3) is 21.5 Å². The predicted octanol–water partition coefficient (Wildman–Crippen LogP) is 4.89. The van der Waals surface area contributed by atoms with Crippen molar-refractivity contribution in [2.75, 3.05) is 0 Å². The fourth-order valence-electron chi connectivity index (χ4n) is 4.87. The second kappa shape index (κ2) is 16.0. The largest absolute Gasteiger partial charge is 4.00 e. The minimum atomic E-state index is -0.433. The van der Waals surface area contributed by atoms with Crippen molar-refractivity contribution < 1.29 is 39.0 Å². The summed E-state index contributed by atoms with van der Waals surface area (Å²) >= 11 is 0. The number of rotatable bonds is 6. The van der Waals surface area contributed by atoms with Crippen LogP contribution in [0.15, 0.2) is 154 Å². The standard InChI is InChI=1S/2C19H16N2O2.V/c2*1-13(20-21-19(23)15-8-3-2-4-9-15)18-16-10-6-5-7-14(16)11-12-17(18)22;/h2*2-12,22H,1H3,(H,21,23);/q;;+4/p-4/b2*20-13+;. The Labute approximate surface area is 284 Å². The van der Waals surface area contributed by atoms with Gasteiger partial charge in [-0.3, -0.25) is 0 Å². The molecule has 0 amide bonds. The SMILES string of the molecule is C/C(=N\N=C(/[O-])c1ccccc1)c1c([O-])ccc2ccccc12.C/C(=N\N=C(/[O-])c1ccccc1)c1c([O-])ccc2ccccc12.[V+4]. The van der Waals surface area contributed by atoms with Gasteiger partial charge in [-0.05, 0) is 57.6 Å². The van der Waals surface area contributed by atoms with Crippen LogP contribution in [0.3, 0.4) is 0 Å². The van der Waals surface area contributed by atoms with Crippen LogP contribution in [0.4, 0.5) is 0 Å². The van der Waals surface area contributed by atoms with Crippen molar-refractivity contribution in [3.8, 4) is 11.5 Å². The van der Waals surface area contributed by atoms with Crippen molar-refractivity contribution in [3.05, 3.63) is 156 Å². The Bertz CT molecular complexity index is 1960. The van der Waals surface area contributed by atoms with Crippen LogP contribution in [0.2, 0.25) is 0 Å². The molecule has 0 aliphatic carbocycles. The number of nitrogens with zero attached hydrogens (tertiary/aromatic N) is 4. The summed E-state index contributed by atoms with van der Waals surface area (Å²) in [6, 6.07) is 39.1. The molecule has 0 heterocycles. The monoisotopic (exact) mass is 655 g/mol. The van der Waals surface area contributed by atoms with E-state index in [4.69, 9.17) is 0 Å². The second-order valence-electron chi connectivity index (χ2n) is 10.2. The van der Waals surface area contributed by atoms with Crippen molar-refractivity contribution in [1.29, 1.82) is 0 Å². The maximum absolute atomic E-state index is 12.2. The third kappa shape index (κ3) is 8.32. The van der Waals surface area contributed by atoms with Gasteiger partial charge in [-0.25, -0.2) is 0 Å². The molecular formula is C38H28N4O4V. The van der Waals surface area contributed by atoms with E-state index in [1.165, 1.54) is 12.1 Å². The van der Waals surface area contributed by atoms with Crippen molar-refractivity contribution in [2.45, 2.75) is 13.8 Å². The van der Waals surface area contributed by atoms with Crippen molar-refractivity contribution in [3.63, 3.8) is 0 Å². The molecule has 8 nitrogen and oxygen atoms in total. The molecule has 9 heteroatoms. The molecule has 6 rings (SSSR count). The van der Waals surface area contributed by atoms with Gasteiger partial charge >= 0.3 is 18.6 Å². The first-order chi connectivity index (χ1) is 22.3. The molecule has 0 spiro atoms.